The highest BCUT2D eigenvalue weighted by Gasteiger charge is 2.25. The van der Waals surface area contributed by atoms with Gasteiger partial charge in [0.15, 0.2) is 5.96 Å². The molecule has 0 saturated carbocycles. The van der Waals surface area contributed by atoms with Gasteiger partial charge in [0.25, 0.3) is 0 Å². The van der Waals surface area contributed by atoms with Gasteiger partial charge in [0.05, 0.1) is 6.61 Å². The zero-order chi connectivity index (χ0) is 22.8. The summed E-state index contributed by atoms with van der Waals surface area (Å²) in [4.78, 5) is 42.9. The molecule has 1 aromatic heterocycles. The van der Waals surface area contributed by atoms with E-state index >= 15 is 0 Å². The Morgan fingerprint density at radius 3 is 2.41 bits per heavy atom. The SMILES string of the molecule is CCOC(=O)N1CCC(NC(=NC)NCCC(=O)N2CCN(c3ncccn3)CC2)CC1. The van der Waals surface area contributed by atoms with Crippen LogP contribution in [-0.4, -0.2) is 103 Å². The molecule has 0 aromatic carbocycles. The molecule has 0 unspecified atom stereocenters. The van der Waals surface area contributed by atoms with E-state index < -0.39 is 0 Å². The molecular formula is C21H34N8O3. The van der Waals surface area contributed by atoms with Crippen LogP contribution in [0.5, 0.6) is 0 Å². The fourth-order valence-corrected chi connectivity index (χ4v) is 3.87. The number of ether oxygens (including phenoxy) is 1. The molecule has 1 aromatic rings. The van der Waals surface area contributed by atoms with Crippen LogP contribution in [0.2, 0.25) is 0 Å². The van der Waals surface area contributed by atoms with Gasteiger partial charge in [0, 0.05) is 77.7 Å². The van der Waals surface area contributed by atoms with Crippen molar-refractivity contribution in [2.24, 2.45) is 4.99 Å². The number of amides is 2. The van der Waals surface area contributed by atoms with E-state index in [4.69, 9.17) is 4.74 Å². The number of carbonyl (C=O) groups is 2. The highest BCUT2D eigenvalue weighted by atomic mass is 16.6. The number of hydrogen-bond donors (Lipinski definition) is 2. The van der Waals surface area contributed by atoms with Crippen molar-refractivity contribution in [2.75, 3.05) is 64.4 Å². The molecule has 2 aliphatic heterocycles. The van der Waals surface area contributed by atoms with Gasteiger partial charge < -0.3 is 30.1 Å². The number of carbonyl (C=O) groups excluding carboxylic acids is 2. The smallest absolute Gasteiger partial charge is 0.409 e. The van der Waals surface area contributed by atoms with Crippen LogP contribution in [0.4, 0.5) is 10.7 Å². The predicted octanol–water partition coefficient (Wildman–Crippen LogP) is 0.301. The van der Waals surface area contributed by atoms with Crippen LogP contribution < -0.4 is 15.5 Å². The molecule has 0 atom stereocenters. The molecule has 2 N–H and O–H groups in total. The molecule has 176 valence electrons. The third kappa shape index (κ3) is 6.69. The number of piperazine rings is 1. The number of guanidine groups is 1. The predicted molar refractivity (Wildman–Crippen MR) is 122 cm³/mol. The Labute approximate surface area is 189 Å². The number of anilines is 1. The maximum atomic E-state index is 12.6. The zero-order valence-corrected chi connectivity index (χ0v) is 19.0. The minimum atomic E-state index is -0.246. The molecule has 0 radical (unpaired) electrons. The Morgan fingerprint density at radius 1 is 1.09 bits per heavy atom. The summed E-state index contributed by atoms with van der Waals surface area (Å²) in [6, 6.07) is 2.03. The van der Waals surface area contributed by atoms with Gasteiger partial charge in [-0.15, -0.1) is 0 Å². The second-order valence-corrected chi connectivity index (χ2v) is 7.77. The first kappa shape index (κ1) is 23.6. The fourth-order valence-electron chi connectivity index (χ4n) is 3.87. The summed E-state index contributed by atoms with van der Waals surface area (Å²) in [7, 11) is 1.72. The molecule has 11 nitrogen and oxygen atoms in total. The molecule has 11 heteroatoms. The van der Waals surface area contributed by atoms with Crippen molar-refractivity contribution in [1.29, 1.82) is 0 Å². The number of hydrogen-bond acceptors (Lipinski definition) is 7. The van der Waals surface area contributed by atoms with Gasteiger partial charge in [-0.1, -0.05) is 0 Å². The molecule has 0 spiro atoms. The molecule has 2 saturated heterocycles. The second kappa shape index (κ2) is 12.1. The van der Waals surface area contributed by atoms with Crippen molar-refractivity contribution in [1.82, 2.24) is 30.4 Å². The Bertz CT molecular complexity index is 760. The van der Waals surface area contributed by atoms with Gasteiger partial charge in [-0.2, -0.15) is 0 Å². The maximum absolute atomic E-state index is 12.6. The zero-order valence-electron chi connectivity index (χ0n) is 19.0. The summed E-state index contributed by atoms with van der Waals surface area (Å²) in [5.74, 6) is 1.52. The first-order valence-corrected chi connectivity index (χ1v) is 11.3. The van der Waals surface area contributed by atoms with Gasteiger partial charge >= 0.3 is 6.09 Å². The first-order chi connectivity index (χ1) is 15.6. The van der Waals surface area contributed by atoms with E-state index in [0.717, 1.165) is 25.9 Å². The maximum Gasteiger partial charge on any atom is 0.409 e. The molecule has 3 heterocycles. The lowest BCUT2D eigenvalue weighted by Crippen LogP contribution is -2.51. The molecule has 3 rings (SSSR count). The van der Waals surface area contributed by atoms with Gasteiger partial charge in [-0.25, -0.2) is 14.8 Å². The largest absolute Gasteiger partial charge is 0.450 e. The number of piperidine rings is 1. The van der Waals surface area contributed by atoms with Crippen LogP contribution >= 0.6 is 0 Å². The van der Waals surface area contributed by atoms with Gasteiger partial charge in [-0.05, 0) is 25.8 Å². The number of aliphatic imine (C=N–C) groups is 1. The lowest BCUT2D eigenvalue weighted by molar-refractivity contribution is -0.131. The average Bonchev–Trinajstić information content (AvgIpc) is 2.84. The van der Waals surface area contributed by atoms with Crippen molar-refractivity contribution >= 4 is 23.9 Å². The van der Waals surface area contributed by atoms with Crippen molar-refractivity contribution < 1.29 is 14.3 Å². The summed E-state index contributed by atoms with van der Waals surface area (Å²) in [6.07, 6.45) is 5.28. The summed E-state index contributed by atoms with van der Waals surface area (Å²) >= 11 is 0. The highest BCUT2D eigenvalue weighted by Crippen LogP contribution is 2.12. The number of nitrogens with zero attached hydrogens (tertiary/aromatic N) is 6. The number of rotatable bonds is 6. The molecular weight excluding hydrogens is 412 g/mol. The normalized spacial score (nSPS) is 17.8. The quantitative estimate of drug-likeness (QED) is 0.474. The standard InChI is InChI=1S/C21H34N8O3/c1-3-32-21(31)29-11-6-17(7-12-29)26-19(22-2)23-10-5-18(30)27-13-15-28(16-14-27)20-24-8-4-9-25-20/h4,8-9,17H,3,5-7,10-16H2,1-2H3,(H2,22,23,26). The highest BCUT2D eigenvalue weighted by molar-refractivity contribution is 5.81. The van der Waals surface area contributed by atoms with Crippen LogP contribution in [0.3, 0.4) is 0 Å². The van der Waals surface area contributed by atoms with Gasteiger partial charge in [-0.3, -0.25) is 9.79 Å². The molecule has 2 fully saturated rings. The molecule has 2 aliphatic rings. The van der Waals surface area contributed by atoms with Crippen molar-refractivity contribution in [3.05, 3.63) is 18.5 Å². The van der Waals surface area contributed by atoms with Crippen molar-refractivity contribution in [2.45, 2.75) is 32.2 Å². The van der Waals surface area contributed by atoms with E-state index in [-0.39, 0.29) is 18.0 Å². The average molecular weight is 447 g/mol. The number of likely N-dealkylation sites (tertiary alicyclic amines) is 1. The Morgan fingerprint density at radius 2 is 1.78 bits per heavy atom. The lowest BCUT2D eigenvalue weighted by Gasteiger charge is -2.34. The molecule has 2 amide bonds. The van der Waals surface area contributed by atoms with Gasteiger partial charge in [0.2, 0.25) is 11.9 Å². The lowest BCUT2D eigenvalue weighted by atomic mass is 10.1. The second-order valence-electron chi connectivity index (χ2n) is 7.77. The van der Waals surface area contributed by atoms with E-state index in [1.807, 2.05) is 11.8 Å². The van der Waals surface area contributed by atoms with E-state index in [0.29, 0.717) is 57.7 Å². The van der Waals surface area contributed by atoms with E-state index in [9.17, 15) is 9.59 Å². The topological polar surface area (TPSA) is 115 Å². The van der Waals surface area contributed by atoms with Crippen LogP contribution in [0.25, 0.3) is 0 Å². The fraction of sp³-hybridized carbons (Fsp3) is 0.667. The third-order valence-corrected chi connectivity index (χ3v) is 5.68. The van der Waals surface area contributed by atoms with E-state index in [1.54, 1.807) is 30.4 Å². The summed E-state index contributed by atoms with van der Waals surface area (Å²) in [5, 5.41) is 6.62. The Hall–Kier alpha value is -3.11. The summed E-state index contributed by atoms with van der Waals surface area (Å²) < 4.78 is 5.06. The number of nitrogens with one attached hydrogen (secondary N) is 2. The minimum absolute atomic E-state index is 0.129. The van der Waals surface area contributed by atoms with E-state index in [2.05, 4.69) is 30.5 Å². The minimum Gasteiger partial charge on any atom is -0.450 e. The Kier molecular flexibility index (Phi) is 8.88. The van der Waals surface area contributed by atoms with Crippen LogP contribution in [0.1, 0.15) is 26.2 Å². The molecule has 0 aliphatic carbocycles. The number of aromatic nitrogens is 2. The van der Waals surface area contributed by atoms with Crippen LogP contribution in [0, 0.1) is 0 Å². The third-order valence-electron chi connectivity index (χ3n) is 5.68. The Balaban J connectivity index is 1.33. The van der Waals surface area contributed by atoms with E-state index in [1.165, 1.54) is 0 Å². The van der Waals surface area contributed by atoms with Crippen LogP contribution in [-0.2, 0) is 9.53 Å². The van der Waals surface area contributed by atoms with Crippen molar-refractivity contribution in [3.63, 3.8) is 0 Å². The summed E-state index contributed by atoms with van der Waals surface area (Å²) in [6.45, 7) is 6.84. The van der Waals surface area contributed by atoms with Crippen LogP contribution in [0.15, 0.2) is 23.5 Å². The van der Waals surface area contributed by atoms with Gasteiger partial charge in [0.1, 0.15) is 0 Å². The van der Waals surface area contributed by atoms with Crippen molar-refractivity contribution in [3.8, 4) is 0 Å². The first-order valence-electron chi connectivity index (χ1n) is 11.3. The molecule has 0 bridgehead atoms. The summed E-state index contributed by atoms with van der Waals surface area (Å²) in [5.41, 5.74) is 0. The molecule has 32 heavy (non-hydrogen) atoms. The monoisotopic (exact) mass is 446 g/mol.